The number of nitrogens with zero attached hydrogens (tertiary/aromatic N) is 1. The van der Waals surface area contributed by atoms with E-state index in [2.05, 4.69) is 10.0 Å². The van der Waals surface area contributed by atoms with E-state index in [1.165, 1.54) is 6.07 Å². The molecule has 2 N–H and O–H groups in total. The average molecular weight is 434 g/mol. The van der Waals surface area contributed by atoms with Gasteiger partial charge in [-0.05, 0) is 54.8 Å². The Kier molecular flexibility index (Phi) is 5.71. The molecule has 7 nitrogen and oxygen atoms in total. The molecule has 2 aliphatic rings. The lowest BCUT2D eigenvalue weighted by Crippen LogP contribution is -2.40. The minimum absolute atomic E-state index is 0.0721. The van der Waals surface area contributed by atoms with E-state index in [0.717, 1.165) is 42.6 Å². The van der Waals surface area contributed by atoms with Crippen molar-refractivity contribution in [1.82, 2.24) is 14.9 Å². The van der Waals surface area contributed by atoms with Crippen LogP contribution in [0.2, 0.25) is 0 Å². The lowest BCUT2D eigenvalue weighted by Gasteiger charge is -2.23. The topological polar surface area (TPSA) is 95.6 Å². The number of sulfonamides is 1. The maximum atomic E-state index is 12.7. The summed E-state index contributed by atoms with van der Waals surface area (Å²) < 4.78 is 27.1. The molecule has 0 radical (unpaired) electrons. The number of hydrogen-bond donors (Lipinski definition) is 2. The molecule has 1 heterocycles. The molecule has 2 aromatic rings. The van der Waals surface area contributed by atoms with E-state index in [9.17, 15) is 18.0 Å². The van der Waals surface area contributed by atoms with Crippen LogP contribution in [0.25, 0.3) is 0 Å². The molecule has 2 aliphatic carbocycles. The zero-order chi connectivity index (χ0) is 20.4. The molecule has 9 heteroatoms. The highest BCUT2D eigenvalue weighted by atomic mass is 32.2. The molecule has 1 aromatic heterocycles. The molecule has 0 spiro atoms. The highest BCUT2D eigenvalue weighted by Crippen LogP contribution is 2.28. The van der Waals surface area contributed by atoms with Gasteiger partial charge in [0, 0.05) is 24.2 Å². The Labute approximate surface area is 174 Å². The second-order valence-electron chi connectivity index (χ2n) is 7.45. The van der Waals surface area contributed by atoms with Crippen molar-refractivity contribution in [3.8, 4) is 0 Å². The van der Waals surface area contributed by atoms with E-state index in [1.807, 2.05) is 12.1 Å². The molecule has 0 aliphatic heterocycles. The maximum Gasteiger partial charge on any atom is 0.251 e. The van der Waals surface area contributed by atoms with Gasteiger partial charge in [-0.25, -0.2) is 13.1 Å². The van der Waals surface area contributed by atoms with Gasteiger partial charge in [-0.1, -0.05) is 18.2 Å². The van der Waals surface area contributed by atoms with Gasteiger partial charge < -0.3 is 10.2 Å². The highest BCUT2D eigenvalue weighted by molar-refractivity contribution is 7.91. The van der Waals surface area contributed by atoms with E-state index in [1.54, 1.807) is 28.5 Å². The number of nitrogens with one attached hydrogen (secondary N) is 2. The van der Waals surface area contributed by atoms with Crippen LogP contribution in [0.1, 0.15) is 41.6 Å². The molecule has 154 valence electrons. The highest BCUT2D eigenvalue weighted by Gasteiger charge is 2.33. The van der Waals surface area contributed by atoms with Crippen LogP contribution in [-0.2, 0) is 21.4 Å². The van der Waals surface area contributed by atoms with Crippen LogP contribution in [-0.4, -0.2) is 43.8 Å². The van der Waals surface area contributed by atoms with E-state index >= 15 is 0 Å². The first-order valence-electron chi connectivity index (χ1n) is 9.65. The first-order valence-corrected chi connectivity index (χ1v) is 12.0. The lowest BCUT2D eigenvalue weighted by atomic mass is 10.1. The molecule has 0 bridgehead atoms. The number of hydrogen-bond acceptors (Lipinski definition) is 5. The Morgan fingerprint density at radius 3 is 2.38 bits per heavy atom. The van der Waals surface area contributed by atoms with Crippen molar-refractivity contribution in [1.29, 1.82) is 0 Å². The second kappa shape index (κ2) is 8.25. The number of carbonyl (C=O) groups excluding carboxylic acids is 2. The normalized spacial score (nSPS) is 16.4. The predicted molar refractivity (Wildman–Crippen MR) is 110 cm³/mol. The van der Waals surface area contributed by atoms with E-state index in [0.29, 0.717) is 18.2 Å². The van der Waals surface area contributed by atoms with Gasteiger partial charge in [-0.3, -0.25) is 9.59 Å². The van der Waals surface area contributed by atoms with Crippen LogP contribution in [0.4, 0.5) is 0 Å². The minimum atomic E-state index is -3.67. The first kappa shape index (κ1) is 20.1. The maximum absolute atomic E-state index is 12.7. The summed E-state index contributed by atoms with van der Waals surface area (Å²) in [4.78, 5) is 26.5. The smallest absolute Gasteiger partial charge is 0.251 e. The van der Waals surface area contributed by atoms with Gasteiger partial charge in [-0.15, -0.1) is 11.3 Å². The molecule has 2 saturated carbocycles. The fourth-order valence-electron chi connectivity index (χ4n) is 3.01. The molecule has 2 amide bonds. The molecule has 0 atom stereocenters. The van der Waals surface area contributed by atoms with Gasteiger partial charge in [0.1, 0.15) is 4.21 Å². The fourth-order valence-corrected chi connectivity index (χ4v) is 5.02. The zero-order valence-electron chi connectivity index (χ0n) is 15.8. The summed E-state index contributed by atoms with van der Waals surface area (Å²) in [5, 5.41) is 4.63. The van der Waals surface area contributed by atoms with Gasteiger partial charge in [0.25, 0.3) is 15.9 Å². The van der Waals surface area contributed by atoms with Crippen molar-refractivity contribution in [2.75, 3.05) is 6.54 Å². The summed E-state index contributed by atoms with van der Waals surface area (Å²) in [6.45, 7) is 0.132. The molecule has 1 aromatic carbocycles. The third-order valence-electron chi connectivity index (χ3n) is 4.96. The Bertz CT molecular complexity index is 979. The minimum Gasteiger partial charge on any atom is -0.349 e. The number of amides is 2. The summed E-state index contributed by atoms with van der Waals surface area (Å²) >= 11 is 1.11. The van der Waals surface area contributed by atoms with Crippen molar-refractivity contribution in [3.63, 3.8) is 0 Å². The molecular formula is C20H23N3O4S2. The van der Waals surface area contributed by atoms with Gasteiger partial charge in [0.2, 0.25) is 5.91 Å². The summed E-state index contributed by atoms with van der Waals surface area (Å²) in [6, 6.07) is 10.9. The molecule has 29 heavy (non-hydrogen) atoms. The van der Waals surface area contributed by atoms with E-state index in [-0.39, 0.29) is 28.6 Å². The van der Waals surface area contributed by atoms with Crippen LogP contribution in [0.15, 0.2) is 46.0 Å². The van der Waals surface area contributed by atoms with Crippen molar-refractivity contribution in [2.45, 2.75) is 48.5 Å². The molecule has 0 unspecified atom stereocenters. The van der Waals surface area contributed by atoms with Crippen molar-refractivity contribution < 1.29 is 18.0 Å². The SMILES string of the molecule is O=C(NC1CC1)c1ccc(CN(C(=O)CNS(=O)(=O)c2cccs2)C2CC2)cc1. The Balaban J connectivity index is 1.36. The third-order valence-corrected chi connectivity index (χ3v) is 7.76. The average Bonchev–Trinajstić information content (AvgIpc) is 3.64. The first-order chi connectivity index (χ1) is 13.9. The monoisotopic (exact) mass is 433 g/mol. The van der Waals surface area contributed by atoms with Crippen LogP contribution in [0, 0.1) is 0 Å². The van der Waals surface area contributed by atoms with Crippen molar-refractivity contribution in [2.24, 2.45) is 0 Å². The Hall–Kier alpha value is -2.23. The lowest BCUT2D eigenvalue weighted by molar-refractivity contribution is -0.131. The Morgan fingerprint density at radius 2 is 1.79 bits per heavy atom. The van der Waals surface area contributed by atoms with E-state index < -0.39 is 10.0 Å². The summed E-state index contributed by atoms with van der Waals surface area (Å²) in [5.41, 5.74) is 1.52. The quantitative estimate of drug-likeness (QED) is 0.633. The van der Waals surface area contributed by atoms with Crippen molar-refractivity contribution >= 4 is 33.2 Å². The molecule has 4 rings (SSSR count). The van der Waals surface area contributed by atoms with Gasteiger partial charge in [-0.2, -0.15) is 0 Å². The zero-order valence-corrected chi connectivity index (χ0v) is 17.5. The largest absolute Gasteiger partial charge is 0.349 e. The molecular weight excluding hydrogens is 410 g/mol. The van der Waals surface area contributed by atoms with Gasteiger partial charge in [0.05, 0.1) is 6.54 Å². The van der Waals surface area contributed by atoms with Crippen LogP contribution in [0.5, 0.6) is 0 Å². The summed E-state index contributed by atoms with van der Waals surface area (Å²) in [6.07, 6.45) is 3.92. The number of carbonyl (C=O) groups is 2. The van der Waals surface area contributed by atoms with E-state index in [4.69, 9.17) is 0 Å². The third kappa shape index (κ3) is 5.23. The molecule has 2 fully saturated rings. The Morgan fingerprint density at radius 1 is 1.07 bits per heavy atom. The van der Waals surface area contributed by atoms with Crippen LogP contribution >= 0.6 is 11.3 Å². The standard InChI is InChI=1S/C20H23N3O4S2/c24-18(12-21-29(26,27)19-2-1-11-28-19)23(17-9-10-17)13-14-3-5-15(6-4-14)20(25)22-16-7-8-16/h1-6,11,16-17,21H,7-10,12-13H2,(H,22,25). The number of benzene rings is 1. The predicted octanol–water partition coefficient (Wildman–Crippen LogP) is 2.11. The second-order valence-corrected chi connectivity index (χ2v) is 10.4. The van der Waals surface area contributed by atoms with Gasteiger partial charge in [0.15, 0.2) is 0 Å². The summed E-state index contributed by atoms with van der Waals surface area (Å²) in [5.74, 6) is -0.319. The number of thiophene rings is 1. The fraction of sp³-hybridized carbons (Fsp3) is 0.400. The molecule has 0 saturated heterocycles. The van der Waals surface area contributed by atoms with Gasteiger partial charge >= 0.3 is 0 Å². The van der Waals surface area contributed by atoms with Crippen LogP contribution in [0.3, 0.4) is 0 Å². The number of rotatable bonds is 9. The summed E-state index contributed by atoms with van der Waals surface area (Å²) in [7, 11) is -3.67. The van der Waals surface area contributed by atoms with Crippen LogP contribution < -0.4 is 10.0 Å². The van der Waals surface area contributed by atoms with Crippen molar-refractivity contribution in [3.05, 3.63) is 52.9 Å².